The Hall–Kier alpha value is -2.83. The number of carbonyl (C=O) groups excluding carboxylic acids is 2. The summed E-state index contributed by atoms with van der Waals surface area (Å²) < 4.78 is 5.56. The molecule has 3 N–H and O–H groups in total. The van der Waals surface area contributed by atoms with Gasteiger partial charge in [0.2, 0.25) is 5.91 Å². The molecule has 2 aromatic rings. The molecule has 0 unspecified atom stereocenters. The molecule has 2 amide bonds. The number of benzene rings is 1. The maximum Gasteiger partial charge on any atom is 0.407 e. The van der Waals surface area contributed by atoms with Crippen LogP contribution in [-0.2, 0) is 16.0 Å². The summed E-state index contributed by atoms with van der Waals surface area (Å²) in [6.07, 6.45) is 4.49. The van der Waals surface area contributed by atoms with Crippen LogP contribution in [0.2, 0.25) is 0 Å². The summed E-state index contributed by atoms with van der Waals surface area (Å²) in [6.45, 7) is 2.03. The lowest BCUT2D eigenvalue weighted by molar-refractivity contribution is -0.115. The zero-order valence-corrected chi connectivity index (χ0v) is 16.0. The van der Waals surface area contributed by atoms with E-state index in [1.807, 2.05) is 43.3 Å². The Morgan fingerprint density at radius 3 is 2.79 bits per heavy atom. The van der Waals surface area contributed by atoms with Crippen LogP contribution in [0.3, 0.4) is 0 Å². The number of nitrogens with zero attached hydrogens (tertiary/aromatic N) is 1. The van der Waals surface area contributed by atoms with E-state index in [0.717, 1.165) is 43.4 Å². The first kappa shape index (κ1) is 18.5. The van der Waals surface area contributed by atoms with Gasteiger partial charge in [-0.25, -0.2) is 4.79 Å². The predicted octanol–water partition coefficient (Wildman–Crippen LogP) is 3.51. The van der Waals surface area contributed by atoms with Crippen molar-refractivity contribution in [3.63, 3.8) is 0 Å². The van der Waals surface area contributed by atoms with Gasteiger partial charge < -0.3 is 15.4 Å². The van der Waals surface area contributed by atoms with Crippen LogP contribution in [0.1, 0.15) is 56.2 Å². The number of nitrogens with one attached hydrogen (secondary N) is 3. The largest absolute Gasteiger partial charge is 0.446 e. The van der Waals surface area contributed by atoms with Gasteiger partial charge in [0, 0.05) is 23.2 Å². The number of ether oxygens (including phenoxy) is 1. The summed E-state index contributed by atoms with van der Waals surface area (Å²) >= 11 is 0. The van der Waals surface area contributed by atoms with E-state index in [4.69, 9.17) is 4.74 Å². The second-order valence-corrected chi connectivity index (χ2v) is 8.14. The number of aromatic nitrogens is 2. The van der Waals surface area contributed by atoms with Gasteiger partial charge in [-0.3, -0.25) is 9.89 Å². The van der Waals surface area contributed by atoms with Gasteiger partial charge in [0.1, 0.15) is 6.10 Å². The minimum Gasteiger partial charge on any atom is -0.446 e. The standard InChI is InChI=1S/C21H26N4O3/c1-21(9-10-21)23-20(27)28-16-8-7-15(12-16)17-13-18(25-24-17)22-19(26)11-14-5-3-2-4-6-14/h2-6,13,15-16H,7-12H2,1H3,(H,23,27)(H2,22,24,25,26)/t15-,16+/m1/s1. The molecular formula is C21H26N4O3. The lowest BCUT2D eigenvalue weighted by Gasteiger charge is -2.16. The van der Waals surface area contributed by atoms with Gasteiger partial charge in [0.25, 0.3) is 0 Å². The van der Waals surface area contributed by atoms with Crippen LogP contribution >= 0.6 is 0 Å². The summed E-state index contributed by atoms with van der Waals surface area (Å²) in [5, 5.41) is 13.0. The number of alkyl carbamates (subject to hydrolysis) is 1. The molecule has 1 aromatic carbocycles. The number of H-pyrrole nitrogens is 1. The van der Waals surface area contributed by atoms with Gasteiger partial charge in [-0.05, 0) is 44.6 Å². The van der Waals surface area contributed by atoms with Gasteiger partial charge in [0.05, 0.1) is 6.42 Å². The Morgan fingerprint density at radius 1 is 1.25 bits per heavy atom. The molecule has 0 bridgehead atoms. The summed E-state index contributed by atoms with van der Waals surface area (Å²) in [5.41, 5.74) is 1.87. The monoisotopic (exact) mass is 382 g/mol. The highest BCUT2D eigenvalue weighted by atomic mass is 16.6. The van der Waals surface area contributed by atoms with Crippen molar-refractivity contribution in [3.8, 4) is 0 Å². The van der Waals surface area contributed by atoms with Crippen molar-refractivity contribution >= 4 is 17.8 Å². The van der Waals surface area contributed by atoms with Crippen molar-refractivity contribution in [2.24, 2.45) is 0 Å². The van der Waals surface area contributed by atoms with E-state index < -0.39 is 0 Å². The minimum absolute atomic E-state index is 0.0642. The van der Waals surface area contributed by atoms with Gasteiger partial charge in [-0.2, -0.15) is 5.10 Å². The third-order valence-corrected chi connectivity index (χ3v) is 5.57. The number of carbonyl (C=O) groups is 2. The SMILES string of the molecule is CC1(NC(=O)O[C@H]2CC[C@@H](c3cc(NC(=O)Cc4ccccc4)n[nH]3)C2)CC1. The summed E-state index contributed by atoms with van der Waals surface area (Å²) in [7, 11) is 0. The van der Waals surface area contributed by atoms with Crippen molar-refractivity contribution in [2.45, 2.75) is 63.0 Å². The molecule has 148 valence electrons. The Morgan fingerprint density at radius 2 is 2.04 bits per heavy atom. The van der Waals surface area contributed by atoms with Crippen LogP contribution in [0.15, 0.2) is 36.4 Å². The molecule has 2 aliphatic rings. The van der Waals surface area contributed by atoms with E-state index in [9.17, 15) is 9.59 Å². The first-order valence-electron chi connectivity index (χ1n) is 9.87. The summed E-state index contributed by atoms with van der Waals surface area (Å²) in [5.74, 6) is 0.684. The molecule has 7 nitrogen and oxygen atoms in total. The molecule has 7 heteroatoms. The van der Waals surface area contributed by atoms with Gasteiger partial charge in [0.15, 0.2) is 5.82 Å². The average molecular weight is 382 g/mol. The highest BCUT2D eigenvalue weighted by molar-refractivity contribution is 5.91. The molecular weight excluding hydrogens is 356 g/mol. The van der Waals surface area contributed by atoms with E-state index in [0.29, 0.717) is 12.2 Å². The second-order valence-electron chi connectivity index (χ2n) is 8.14. The molecule has 2 fully saturated rings. The van der Waals surface area contributed by atoms with Crippen LogP contribution in [0, 0.1) is 0 Å². The Kier molecular flexibility index (Phi) is 5.07. The quantitative estimate of drug-likeness (QED) is 0.712. The maximum absolute atomic E-state index is 12.2. The molecule has 4 rings (SSSR count). The number of amides is 2. The molecule has 2 aliphatic carbocycles. The van der Waals surface area contributed by atoms with E-state index in [2.05, 4.69) is 20.8 Å². The third kappa shape index (κ3) is 4.71. The molecule has 1 aromatic heterocycles. The number of hydrogen-bond donors (Lipinski definition) is 3. The highest BCUT2D eigenvalue weighted by Crippen LogP contribution is 2.37. The summed E-state index contributed by atoms with van der Waals surface area (Å²) in [4.78, 5) is 24.1. The number of hydrogen-bond acceptors (Lipinski definition) is 4. The number of aromatic amines is 1. The van der Waals surface area contributed by atoms with Crippen molar-refractivity contribution in [1.29, 1.82) is 0 Å². The van der Waals surface area contributed by atoms with E-state index in [-0.39, 0.29) is 29.6 Å². The molecule has 28 heavy (non-hydrogen) atoms. The van der Waals surface area contributed by atoms with Gasteiger partial charge >= 0.3 is 6.09 Å². The van der Waals surface area contributed by atoms with Crippen LogP contribution in [0.5, 0.6) is 0 Å². The first-order chi connectivity index (χ1) is 13.5. The zero-order valence-electron chi connectivity index (χ0n) is 16.0. The van der Waals surface area contributed by atoms with Crippen LogP contribution < -0.4 is 10.6 Å². The maximum atomic E-state index is 12.2. The number of anilines is 1. The fraction of sp³-hybridized carbons (Fsp3) is 0.476. The zero-order chi connectivity index (χ0) is 19.6. The fourth-order valence-electron chi connectivity index (χ4n) is 3.65. The molecule has 0 radical (unpaired) electrons. The average Bonchev–Trinajstić information content (AvgIpc) is 3.05. The molecule has 0 spiro atoms. The number of rotatable bonds is 6. The van der Waals surface area contributed by atoms with Crippen molar-refractivity contribution in [2.75, 3.05) is 5.32 Å². The minimum atomic E-state index is -0.316. The van der Waals surface area contributed by atoms with E-state index in [1.165, 1.54) is 0 Å². The normalized spacial score (nSPS) is 22.5. The Labute approximate surface area is 164 Å². The third-order valence-electron chi connectivity index (χ3n) is 5.57. The van der Waals surface area contributed by atoms with Crippen LogP contribution in [0.25, 0.3) is 0 Å². The molecule has 2 atom stereocenters. The Balaban J connectivity index is 1.26. The van der Waals surface area contributed by atoms with E-state index >= 15 is 0 Å². The topological polar surface area (TPSA) is 96.1 Å². The van der Waals surface area contributed by atoms with Crippen molar-refractivity contribution in [1.82, 2.24) is 15.5 Å². The van der Waals surface area contributed by atoms with Crippen molar-refractivity contribution in [3.05, 3.63) is 47.7 Å². The van der Waals surface area contributed by atoms with Gasteiger partial charge in [-0.1, -0.05) is 30.3 Å². The second kappa shape index (κ2) is 7.66. The predicted molar refractivity (Wildman–Crippen MR) is 105 cm³/mol. The summed E-state index contributed by atoms with van der Waals surface area (Å²) in [6, 6.07) is 11.5. The smallest absolute Gasteiger partial charge is 0.407 e. The highest BCUT2D eigenvalue weighted by Gasteiger charge is 2.40. The lowest BCUT2D eigenvalue weighted by Crippen LogP contribution is -2.36. The molecule has 0 saturated heterocycles. The Bertz CT molecular complexity index is 844. The fourth-order valence-corrected chi connectivity index (χ4v) is 3.65. The van der Waals surface area contributed by atoms with Gasteiger partial charge in [-0.15, -0.1) is 0 Å². The molecule has 1 heterocycles. The lowest BCUT2D eigenvalue weighted by atomic mass is 10.0. The van der Waals surface area contributed by atoms with E-state index in [1.54, 1.807) is 0 Å². The van der Waals surface area contributed by atoms with Crippen LogP contribution in [0.4, 0.5) is 10.6 Å². The van der Waals surface area contributed by atoms with Crippen molar-refractivity contribution < 1.29 is 14.3 Å². The molecule has 0 aliphatic heterocycles. The molecule has 2 saturated carbocycles. The first-order valence-corrected chi connectivity index (χ1v) is 9.87. The van der Waals surface area contributed by atoms with Crippen LogP contribution in [-0.4, -0.2) is 33.8 Å².